The number of benzene rings is 1. The zero-order chi connectivity index (χ0) is 17.9. The number of rotatable bonds is 5. The second-order valence-electron chi connectivity index (χ2n) is 6.56. The highest BCUT2D eigenvalue weighted by atomic mass is 32.1. The number of furan rings is 1. The zero-order valence-corrected chi connectivity index (χ0v) is 15.4. The molecule has 3 heterocycles. The molecule has 1 aliphatic heterocycles. The topological polar surface area (TPSA) is 58.4 Å². The van der Waals surface area contributed by atoms with Gasteiger partial charge in [-0.2, -0.15) is 0 Å². The molecule has 5 nitrogen and oxygen atoms in total. The Kier molecular flexibility index (Phi) is 4.86. The van der Waals surface area contributed by atoms with Gasteiger partial charge in [0.1, 0.15) is 5.69 Å². The molecular formula is C20H21N3O2S. The molecule has 0 aliphatic carbocycles. The number of hydrogen-bond donors (Lipinski definition) is 1. The number of aromatic nitrogens is 1. The molecule has 0 unspecified atom stereocenters. The van der Waals surface area contributed by atoms with Crippen molar-refractivity contribution in [3.8, 4) is 10.8 Å². The van der Waals surface area contributed by atoms with Crippen molar-refractivity contribution < 1.29 is 9.21 Å². The summed E-state index contributed by atoms with van der Waals surface area (Å²) in [5.41, 5.74) is 1.76. The minimum Gasteiger partial charge on any atom is -0.462 e. The molecule has 2 atom stereocenters. The quantitative estimate of drug-likeness (QED) is 0.741. The molecular weight excluding hydrogens is 346 g/mol. The molecule has 4 rings (SSSR count). The standard InChI is InChI=1S/C20H21N3O2S/c1-14(15-6-3-2-4-7-15)23-10-9-16(12-23)21-19(24)17-13-26-20(22-17)18-8-5-11-25-18/h2-8,11,13-14,16H,9-10,12H2,1H3,(H,21,24)/t14-,16-/m0/s1. The van der Waals surface area contributed by atoms with E-state index < -0.39 is 0 Å². The number of amides is 1. The number of carbonyl (C=O) groups is 1. The number of nitrogens with one attached hydrogen (secondary N) is 1. The monoisotopic (exact) mass is 367 g/mol. The molecule has 1 amide bonds. The van der Waals surface area contributed by atoms with Crippen LogP contribution in [0.5, 0.6) is 0 Å². The molecule has 0 spiro atoms. The normalized spacial score (nSPS) is 18.7. The fourth-order valence-electron chi connectivity index (χ4n) is 3.35. The first kappa shape index (κ1) is 17.0. The lowest BCUT2D eigenvalue weighted by Crippen LogP contribution is -2.37. The summed E-state index contributed by atoms with van der Waals surface area (Å²) in [6.45, 7) is 4.06. The van der Waals surface area contributed by atoms with E-state index in [1.807, 2.05) is 18.2 Å². The lowest BCUT2D eigenvalue weighted by atomic mass is 10.1. The van der Waals surface area contributed by atoms with E-state index in [1.54, 1.807) is 11.6 Å². The summed E-state index contributed by atoms with van der Waals surface area (Å²) < 4.78 is 5.34. The van der Waals surface area contributed by atoms with Gasteiger partial charge in [0.15, 0.2) is 10.8 Å². The van der Waals surface area contributed by atoms with Gasteiger partial charge in [-0.05, 0) is 31.0 Å². The second kappa shape index (κ2) is 7.43. The van der Waals surface area contributed by atoms with Crippen LogP contribution in [0.3, 0.4) is 0 Å². The van der Waals surface area contributed by atoms with Crippen LogP contribution in [-0.4, -0.2) is 34.9 Å². The van der Waals surface area contributed by atoms with Crippen LogP contribution >= 0.6 is 11.3 Å². The van der Waals surface area contributed by atoms with Crippen LogP contribution in [0.25, 0.3) is 10.8 Å². The van der Waals surface area contributed by atoms with Gasteiger partial charge in [0.25, 0.3) is 5.91 Å². The van der Waals surface area contributed by atoms with E-state index in [0.717, 1.165) is 24.5 Å². The fourth-order valence-corrected chi connectivity index (χ4v) is 4.12. The van der Waals surface area contributed by atoms with Crippen molar-refractivity contribution in [2.75, 3.05) is 13.1 Å². The average molecular weight is 367 g/mol. The Morgan fingerprint density at radius 3 is 2.92 bits per heavy atom. The average Bonchev–Trinajstić information content (AvgIpc) is 3.41. The predicted octanol–water partition coefficient (Wildman–Crippen LogP) is 3.97. The molecule has 1 aliphatic rings. The molecule has 0 bridgehead atoms. The molecule has 0 radical (unpaired) electrons. The molecule has 1 fully saturated rings. The summed E-state index contributed by atoms with van der Waals surface area (Å²) in [5, 5.41) is 5.63. The Morgan fingerprint density at radius 2 is 2.15 bits per heavy atom. The molecule has 2 aromatic heterocycles. The van der Waals surface area contributed by atoms with Crippen LogP contribution in [0, 0.1) is 0 Å². The van der Waals surface area contributed by atoms with Crippen molar-refractivity contribution in [1.29, 1.82) is 0 Å². The number of carbonyl (C=O) groups excluding carboxylic acids is 1. The molecule has 1 saturated heterocycles. The van der Waals surface area contributed by atoms with Gasteiger partial charge < -0.3 is 9.73 Å². The molecule has 134 valence electrons. The summed E-state index contributed by atoms with van der Waals surface area (Å²) in [6.07, 6.45) is 2.57. The first-order valence-corrected chi connectivity index (χ1v) is 9.68. The SMILES string of the molecule is C[C@@H](c1ccccc1)N1CC[C@H](NC(=O)c2csc(-c3ccco3)n2)C1. The molecule has 0 saturated carbocycles. The van der Waals surface area contributed by atoms with Gasteiger partial charge in [-0.3, -0.25) is 9.69 Å². The van der Waals surface area contributed by atoms with E-state index >= 15 is 0 Å². The lowest BCUT2D eigenvalue weighted by molar-refractivity contribution is 0.0932. The van der Waals surface area contributed by atoms with Crippen LogP contribution in [0.4, 0.5) is 0 Å². The van der Waals surface area contributed by atoms with Gasteiger partial charge in [-0.25, -0.2) is 4.98 Å². The van der Waals surface area contributed by atoms with E-state index in [1.165, 1.54) is 16.9 Å². The van der Waals surface area contributed by atoms with E-state index in [2.05, 4.69) is 46.4 Å². The van der Waals surface area contributed by atoms with Gasteiger partial charge in [0.2, 0.25) is 0 Å². The Morgan fingerprint density at radius 1 is 1.31 bits per heavy atom. The number of likely N-dealkylation sites (tertiary alicyclic amines) is 1. The van der Waals surface area contributed by atoms with Crippen molar-refractivity contribution in [2.24, 2.45) is 0 Å². The first-order valence-electron chi connectivity index (χ1n) is 8.80. The van der Waals surface area contributed by atoms with Gasteiger partial charge in [-0.15, -0.1) is 11.3 Å². The van der Waals surface area contributed by atoms with E-state index in [9.17, 15) is 4.79 Å². The highest BCUT2D eigenvalue weighted by Gasteiger charge is 2.28. The molecule has 1 N–H and O–H groups in total. The third-order valence-electron chi connectivity index (χ3n) is 4.85. The summed E-state index contributed by atoms with van der Waals surface area (Å²) in [6, 6.07) is 14.7. The number of hydrogen-bond acceptors (Lipinski definition) is 5. The minimum atomic E-state index is -0.113. The number of thiazole rings is 1. The summed E-state index contributed by atoms with van der Waals surface area (Å²) in [5.74, 6) is 0.580. The van der Waals surface area contributed by atoms with Crippen LogP contribution in [0.15, 0.2) is 58.5 Å². The van der Waals surface area contributed by atoms with Gasteiger partial charge in [0, 0.05) is 30.6 Å². The third-order valence-corrected chi connectivity index (χ3v) is 5.71. The van der Waals surface area contributed by atoms with Crippen LogP contribution < -0.4 is 5.32 Å². The van der Waals surface area contributed by atoms with Crippen molar-refractivity contribution in [3.63, 3.8) is 0 Å². The summed E-state index contributed by atoms with van der Waals surface area (Å²) in [7, 11) is 0. The third kappa shape index (κ3) is 3.57. The Bertz CT molecular complexity index is 860. The Labute approximate surface area is 156 Å². The van der Waals surface area contributed by atoms with Crippen LogP contribution in [0.2, 0.25) is 0 Å². The van der Waals surface area contributed by atoms with Gasteiger partial charge >= 0.3 is 0 Å². The summed E-state index contributed by atoms with van der Waals surface area (Å²) >= 11 is 1.42. The maximum atomic E-state index is 12.5. The fraction of sp³-hybridized carbons (Fsp3) is 0.300. The summed E-state index contributed by atoms with van der Waals surface area (Å²) in [4.78, 5) is 19.3. The molecule has 3 aromatic rings. The van der Waals surface area contributed by atoms with Gasteiger partial charge in [-0.1, -0.05) is 30.3 Å². The van der Waals surface area contributed by atoms with Crippen molar-refractivity contribution in [3.05, 3.63) is 65.4 Å². The smallest absolute Gasteiger partial charge is 0.271 e. The lowest BCUT2D eigenvalue weighted by Gasteiger charge is -2.24. The van der Waals surface area contributed by atoms with Crippen LogP contribution in [-0.2, 0) is 0 Å². The predicted molar refractivity (Wildman–Crippen MR) is 102 cm³/mol. The van der Waals surface area contributed by atoms with Crippen molar-refractivity contribution in [2.45, 2.75) is 25.4 Å². The van der Waals surface area contributed by atoms with Gasteiger partial charge in [0.05, 0.1) is 6.26 Å². The molecule has 6 heteroatoms. The van der Waals surface area contributed by atoms with E-state index in [0.29, 0.717) is 17.5 Å². The minimum absolute atomic E-state index is 0.113. The number of nitrogens with zero attached hydrogens (tertiary/aromatic N) is 2. The maximum absolute atomic E-state index is 12.5. The van der Waals surface area contributed by atoms with E-state index in [-0.39, 0.29) is 11.9 Å². The van der Waals surface area contributed by atoms with Crippen LogP contribution in [0.1, 0.15) is 35.4 Å². The van der Waals surface area contributed by atoms with Crippen molar-refractivity contribution in [1.82, 2.24) is 15.2 Å². The van der Waals surface area contributed by atoms with E-state index in [4.69, 9.17) is 4.42 Å². The largest absolute Gasteiger partial charge is 0.462 e. The molecule has 26 heavy (non-hydrogen) atoms. The second-order valence-corrected chi connectivity index (χ2v) is 7.41. The highest BCUT2D eigenvalue weighted by Crippen LogP contribution is 2.26. The molecule has 1 aromatic carbocycles. The maximum Gasteiger partial charge on any atom is 0.271 e. The zero-order valence-electron chi connectivity index (χ0n) is 14.6. The van der Waals surface area contributed by atoms with Crippen molar-refractivity contribution >= 4 is 17.2 Å². The first-order chi connectivity index (χ1) is 12.7. The Balaban J connectivity index is 1.36. The highest BCUT2D eigenvalue weighted by molar-refractivity contribution is 7.13. The Hall–Kier alpha value is -2.44.